The van der Waals surface area contributed by atoms with Gasteiger partial charge in [0.05, 0.1) is 29.5 Å². The van der Waals surface area contributed by atoms with Crippen LogP contribution < -0.4 is 9.64 Å². The standard InChI is InChI=1S/C28H21N5O/c29-15-22-7-6-20-13-28(22)34-25-9-8-21-3-1-5-27(26(21)14-25)32-12-10-23(18-32)31-11-2-4-24-16-30-19-33(24)17-20/h1-9,11,14,16-19H,10,12-13H2. The Morgan fingerprint density at radius 1 is 1.06 bits per heavy atom. The van der Waals surface area contributed by atoms with E-state index in [1.165, 1.54) is 0 Å². The Balaban J connectivity index is 1.50. The highest BCUT2D eigenvalue weighted by Crippen LogP contribution is 2.35. The van der Waals surface area contributed by atoms with Gasteiger partial charge in [0.25, 0.3) is 0 Å². The van der Waals surface area contributed by atoms with Crippen molar-refractivity contribution in [3.05, 3.63) is 102 Å². The maximum atomic E-state index is 9.68. The predicted molar refractivity (Wildman–Crippen MR) is 135 cm³/mol. The molecule has 1 aromatic heterocycles. The lowest BCUT2D eigenvalue weighted by atomic mass is 10.0. The minimum absolute atomic E-state index is 0.514. The quantitative estimate of drug-likeness (QED) is 0.438. The number of allylic oxidation sites excluding steroid dienone is 5. The van der Waals surface area contributed by atoms with Crippen molar-refractivity contribution in [2.75, 3.05) is 11.4 Å². The van der Waals surface area contributed by atoms with Crippen LogP contribution in [0.3, 0.4) is 0 Å². The molecule has 0 fully saturated rings. The van der Waals surface area contributed by atoms with Crippen molar-refractivity contribution in [3.8, 4) is 11.8 Å². The summed E-state index contributed by atoms with van der Waals surface area (Å²) in [5, 5.41) is 11.9. The van der Waals surface area contributed by atoms with Crippen LogP contribution in [-0.4, -0.2) is 22.3 Å². The van der Waals surface area contributed by atoms with Crippen LogP contribution in [0.4, 0.5) is 5.69 Å². The molecule has 0 saturated carbocycles. The number of nitrogens with zero attached hydrogens (tertiary/aromatic N) is 5. The number of nitriles is 1. The van der Waals surface area contributed by atoms with Gasteiger partial charge in [0.2, 0.25) is 0 Å². The highest BCUT2D eigenvalue weighted by atomic mass is 16.5. The van der Waals surface area contributed by atoms with Gasteiger partial charge < -0.3 is 14.2 Å². The smallest absolute Gasteiger partial charge is 0.127 e. The zero-order valence-electron chi connectivity index (χ0n) is 18.4. The molecule has 0 saturated heterocycles. The second-order valence-electron chi connectivity index (χ2n) is 8.35. The van der Waals surface area contributed by atoms with Gasteiger partial charge in [-0.2, -0.15) is 5.26 Å². The third-order valence-corrected chi connectivity index (χ3v) is 6.14. The van der Waals surface area contributed by atoms with Crippen molar-refractivity contribution in [2.45, 2.75) is 12.8 Å². The molecule has 34 heavy (non-hydrogen) atoms. The Bertz CT molecular complexity index is 1520. The number of benzene rings is 2. The third-order valence-electron chi connectivity index (χ3n) is 6.14. The van der Waals surface area contributed by atoms with Crippen molar-refractivity contribution in [1.29, 1.82) is 5.26 Å². The molecule has 164 valence electrons. The molecule has 0 amide bonds. The largest absolute Gasteiger partial charge is 0.460 e. The Morgan fingerprint density at radius 2 is 2.03 bits per heavy atom. The van der Waals surface area contributed by atoms with Gasteiger partial charge >= 0.3 is 0 Å². The molecule has 0 atom stereocenters. The highest BCUT2D eigenvalue weighted by Gasteiger charge is 2.18. The molecule has 6 nitrogen and oxygen atoms in total. The summed E-state index contributed by atoms with van der Waals surface area (Å²) in [5.41, 5.74) is 4.65. The number of rotatable bonds is 0. The summed E-state index contributed by atoms with van der Waals surface area (Å²) in [6, 6.07) is 14.7. The fourth-order valence-corrected chi connectivity index (χ4v) is 4.44. The van der Waals surface area contributed by atoms with Crippen molar-refractivity contribution < 1.29 is 4.74 Å². The highest BCUT2D eigenvalue weighted by molar-refractivity contribution is 5.96. The average Bonchev–Trinajstić information content (AvgIpc) is 3.51. The number of fused-ring (bicyclic) bond motifs is 6. The van der Waals surface area contributed by atoms with E-state index >= 15 is 0 Å². The molecule has 0 radical (unpaired) electrons. The van der Waals surface area contributed by atoms with E-state index in [1.807, 2.05) is 53.5 Å². The van der Waals surface area contributed by atoms with Gasteiger partial charge in [0.15, 0.2) is 0 Å². The average molecular weight is 444 g/mol. The zero-order chi connectivity index (χ0) is 22.9. The molecular weight excluding hydrogens is 422 g/mol. The van der Waals surface area contributed by atoms with E-state index in [0.29, 0.717) is 23.5 Å². The van der Waals surface area contributed by atoms with Gasteiger partial charge in [-0.1, -0.05) is 24.3 Å². The normalized spacial score (nSPS) is 17.1. The first kappa shape index (κ1) is 20.0. The van der Waals surface area contributed by atoms with E-state index in [2.05, 4.69) is 57.5 Å². The summed E-state index contributed by atoms with van der Waals surface area (Å²) in [6.07, 6.45) is 18.6. The monoisotopic (exact) mass is 443 g/mol. The van der Waals surface area contributed by atoms with E-state index in [-0.39, 0.29) is 0 Å². The van der Waals surface area contributed by atoms with Crippen molar-refractivity contribution in [3.63, 3.8) is 0 Å². The van der Waals surface area contributed by atoms with Gasteiger partial charge in [0, 0.05) is 49.1 Å². The molecule has 6 rings (SSSR count). The number of hydrogen-bond acceptors (Lipinski definition) is 5. The van der Waals surface area contributed by atoms with E-state index in [9.17, 15) is 5.26 Å². The molecule has 6 bridgehead atoms. The minimum atomic E-state index is 0.514. The van der Waals surface area contributed by atoms with E-state index in [4.69, 9.17) is 4.74 Å². The van der Waals surface area contributed by atoms with Crippen molar-refractivity contribution in [1.82, 2.24) is 9.55 Å². The molecule has 0 spiro atoms. The molecule has 3 aliphatic rings. The maximum absolute atomic E-state index is 9.68. The van der Waals surface area contributed by atoms with Crippen molar-refractivity contribution in [2.24, 2.45) is 4.99 Å². The SMILES string of the molecule is N#CC1=C2CC(=Cn3cncc3C=CC=NC3=CN(CC3)c3cccc4ccc(cc34)O2)C=C1. The fourth-order valence-electron chi connectivity index (χ4n) is 4.44. The molecule has 0 N–H and O–H groups in total. The van der Waals surface area contributed by atoms with Crippen LogP contribution in [0.15, 0.2) is 101 Å². The number of hydrogen-bond donors (Lipinski definition) is 0. The summed E-state index contributed by atoms with van der Waals surface area (Å²) in [4.78, 5) is 11.2. The third kappa shape index (κ3) is 3.74. The van der Waals surface area contributed by atoms with Crippen LogP contribution >= 0.6 is 0 Å². The molecular formula is C28H21N5O. The van der Waals surface area contributed by atoms with Crippen LogP contribution in [-0.2, 0) is 0 Å². The summed E-state index contributed by atoms with van der Waals surface area (Å²) >= 11 is 0. The van der Waals surface area contributed by atoms with Gasteiger partial charge in [0.1, 0.15) is 17.6 Å². The molecule has 2 aromatic carbocycles. The number of aliphatic imine (C=N–C) groups is 1. The molecule has 1 aliphatic carbocycles. The predicted octanol–water partition coefficient (Wildman–Crippen LogP) is 5.84. The first-order valence-electron chi connectivity index (χ1n) is 11.2. The van der Waals surface area contributed by atoms with Crippen LogP contribution in [0.5, 0.6) is 5.75 Å². The topological polar surface area (TPSA) is 66.4 Å². The maximum Gasteiger partial charge on any atom is 0.127 e. The lowest BCUT2D eigenvalue weighted by Crippen LogP contribution is -2.12. The van der Waals surface area contributed by atoms with Crippen LogP contribution in [0.25, 0.3) is 23.0 Å². The lowest BCUT2D eigenvalue weighted by molar-refractivity contribution is 0.410. The summed E-state index contributed by atoms with van der Waals surface area (Å²) in [5.74, 6) is 1.35. The number of imidazole rings is 1. The van der Waals surface area contributed by atoms with Gasteiger partial charge in [-0.3, -0.25) is 4.99 Å². The number of anilines is 1. The lowest BCUT2D eigenvalue weighted by Gasteiger charge is -2.19. The van der Waals surface area contributed by atoms with Crippen molar-refractivity contribution >= 4 is 35.0 Å². The van der Waals surface area contributed by atoms with Gasteiger partial charge in [-0.15, -0.1) is 0 Å². The summed E-state index contributed by atoms with van der Waals surface area (Å²) < 4.78 is 8.27. The molecule has 3 heterocycles. The van der Waals surface area contributed by atoms with Gasteiger partial charge in [-0.05, 0) is 47.4 Å². The number of aromatic nitrogens is 2. The zero-order valence-corrected chi connectivity index (χ0v) is 18.4. The molecule has 6 heteroatoms. The first-order valence-corrected chi connectivity index (χ1v) is 11.2. The molecule has 3 aromatic rings. The summed E-state index contributed by atoms with van der Waals surface area (Å²) in [6.45, 7) is 0.870. The molecule has 0 unspecified atom stereocenters. The van der Waals surface area contributed by atoms with Gasteiger partial charge in [-0.25, -0.2) is 4.98 Å². The Kier molecular flexibility index (Phi) is 4.93. The summed E-state index contributed by atoms with van der Waals surface area (Å²) in [7, 11) is 0. The fraction of sp³-hybridized carbons (Fsp3) is 0.107. The second-order valence-corrected chi connectivity index (χ2v) is 8.35. The van der Waals surface area contributed by atoms with E-state index < -0.39 is 0 Å². The molecule has 2 aliphatic heterocycles. The van der Waals surface area contributed by atoms with Crippen LogP contribution in [0, 0.1) is 11.3 Å². The number of ether oxygens (including phenoxy) is 1. The minimum Gasteiger partial charge on any atom is -0.460 e. The first-order chi connectivity index (χ1) is 16.8. The Morgan fingerprint density at radius 3 is 2.97 bits per heavy atom. The Labute approximate surface area is 197 Å². The van der Waals surface area contributed by atoms with Crippen LogP contribution in [0.1, 0.15) is 18.5 Å². The van der Waals surface area contributed by atoms with Crippen LogP contribution in [0.2, 0.25) is 0 Å². The second kappa shape index (κ2) is 8.38. The van der Waals surface area contributed by atoms with E-state index in [1.54, 1.807) is 6.33 Å². The Hall–Kier alpha value is -4.63. The van der Waals surface area contributed by atoms with E-state index in [0.717, 1.165) is 46.4 Å².